The van der Waals surface area contributed by atoms with Gasteiger partial charge in [0.05, 0.1) is 113 Å². The quantitative estimate of drug-likeness (QED) is 0.0174. The van der Waals surface area contributed by atoms with Crippen molar-refractivity contribution < 1.29 is 167 Å². The molecule has 14 aromatic rings. The number of anilines is 8. The molecule has 2 aliphatic heterocycles. The maximum absolute atomic E-state index is 14.2. The molecule has 57 heteroatoms. The first-order valence-electron chi connectivity index (χ1n) is 41.0. The molecule has 8 aromatic heterocycles. The van der Waals surface area contributed by atoms with Gasteiger partial charge < -0.3 is 56.6 Å². The fraction of sp³-hybridized carbons (Fsp3) is 0.221. The number of aliphatic imine (C=N–C) groups is 2. The Morgan fingerprint density at radius 1 is 0.580 bits per heavy atom. The van der Waals surface area contributed by atoms with E-state index in [4.69, 9.17) is 71.7 Å². The second-order valence-corrected chi connectivity index (χ2v) is 40.5. The normalized spacial score (nSPS) is 14.4. The van der Waals surface area contributed by atoms with Gasteiger partial charge in [-0.2, -0.15) is 32.0 Å². The van der Waals surface area contributed by atoms with Crippen molar-refractivity contribution in [3.63, 3.8) is 0 Å². The van der Waals surface area contributed by atoms with E-state index in [-0.39, 0.29) is 252 Å². The number of sulfonamides is 4. The molecule has 10 N–H and O–H groups in total. The van der Waals surface area contributed by atoms with E-state index in [9.17, 15) is 84.2 Å². The van der Waals surface area contributed by atoms with Crippen LogP contribution in [0.15, 0.2) is 204 Å². The summed E-state index contributed by atoms with van der Waals surface area (Å²) in [6, 6.07) is 36.4. The molecule has 2 atom stereocenters. The van der Waals surface area contributed by atoms with Crippen LogP contribution in [0.1, 0.15) is 47.6 Å². The van der Waals surface area contributed by atoms with Gasteiger partial charge in [0, 0.05) is 65.5 Å². The van der Waals surface area contributed by atoms with Gasteiger partial charge in [-0.05, 0) is 161 Å². The van der Waals surface area contributed by atoms with E-state index in [1.807, 2.05) is 13.8 Å². The first-order valence-corrected chi connectivity index (χ1v) is 48.8. The Morgan fingerprint density at radius 2 is 1.01 bits per heavy atom. The van der Waals surface area contributed by atoms with E-state index >= 15 is 0 Å². The van der Waals surface area contributed by atoms with Crippen molar-refractivity contribution in [2.75, 3.05) is 109 Å². The molecule has 40 nitrogen and oxygen atoms in total. The number of carbonyl (C=O) groups excluding carboxylic acids is 2. The third-order valence-corrected chi connectivity index (χ3v) is 29.4. The molecule has 742 valence electrons. The predicted molar refractivity (Wildman–Crippen MR) is 506 cm³/mol. The number of hydrogen-bond donors (Lipinski definition) is 6. The van der Waals surface area contributed by atoms with Crippen LogP contribution in [0.25, 0.3) is 45.1 Å². The van der Waals surface area contributed by atoms with Crippen LogP contribution in [-0.2, 0) is 72.1 Å². The van der Waals surface area contributed by atoms with Crippen molar-refractivity contribution in [3.05, 3.63) is 241 Å². The van der Waals surface area contributed by atoms with E-state index in [0.717, 1.165) is 41.8 Å². The maximum atomic E-state index is 14.2. The molecule has 6 aromatic carbocycles. The third-order valence-electron chi connectivity index (χ3n) is 20.5. The second-order valence-electron chi connectivity index (χ2n) is 30.5. The molecule has 0 bridgehead atoms. The fourth-order valence-electron chi connectivity index (χ4n) is 14.2. The zero-order valence-electron chi connectivity index (χ0n) is 76.4. The van der Waals surface area contributed by atoms with Crippen LogP contribution in [0.4, 0.5) is 97.7 Å². The number of carbonyl (C=O) groups is 2. The SMILES string of the molecule is COC(=O)N(C)c1c(N)nc(-c2nn(Cc3ccccc3F)c3ncc(F)cc23)nc1N.COC(=O)N(CC(F)(F)F)c1c(N)nc(-c2nn(Cc3ccccc3F)c3ncc(F)cc23)nc1N.Cc1noc(C)c1S(=O)(=O)Nc1ccc(Cl)cc1C([O-])=Nc1ccc(S(=O)(=O)N2CC(C)OC(C)C2)cc1.O=S(=O)(Nc1ccc(Cl)cc1C([O-])=Nc1ccc(S(=O)(=O)N2CCOCC2)cc1)c1ccc(Cl)s1.[Na+].[Na+]. The summed E-state index contributed by atoms with van der Waals surface area (Å²) in [5, 5.41) is 39.2. The number of amides is 2. The number of nitrogens with zero attached hydrogens (tertiary/aromatic N) is 17. The van der Waals surface area contributed by atoms with E-state index in [1.165, 1.54) is 173 Å². The molecular formula is C86H79Cl3F7N23Na2O17S5. The molecular weight excluding hydrogens is 2070 g/mol. The summed E-state index contributed by atoms with van der Waals surface area (Å²) in [6.45, 7) is 6.38. The number of thiophene rings is 1. The minimum absolute atomic E-state index is 0. The molecule has 0 radical (unpaired) electrons. The van der Waals surface area contributed by atoms with Crippen LogP contribution in [-0.4, -0.2) is 206 Å². The van der Waals surface area contributed by atoms with Crippen molar-refractivity contribution in [2.24, 2.45) is 9.98 Å². The van der Waals surface area contributed by atoms with Gasteiger partial charge in [-0.15, -0.1) is 11.3 Å². The number of morpholine rings is 2. The average molecular weight is 2150 g/mol. The standard InChI is InChI=1S/C24H27ClN4O7S2.C21H19Cl2N3O6S3.C21H17F5N8O2.C20H18F2N8O2.2Na/c1-14-12-29(13-15(2)35-14)38(33,34)20-8-6-19(7-9-20)26-24(30)21-11-18(25)5-10-22(21)28-37(31,32)23-16(3)27-36-17(23)4;22-14-1-6-18(25-34(28,29)20-8-7-19(23)33-20)17(13-14)21(27)24-15-2-4-16(5-3-15)35(30,31)26-9-11-32-12-10-26;1-36-20(35)33(9-21(24,25)26)15-16(27)30-18(31-17(15)28)14-12-6-11(22)7-29-19(12)34(32-14)8-10-4-2-3-5-13(10)23;1-29(20(31)32-2)15-16(23)26-18(27-17(15)24)14-12-7-11(21)8-25-19(12)30(28-14)9-10-5-3-4-6-13(10)22;;/h5-11,14-15,28H,12-13H2,1-4H3,(H,26,30);1-8,13,25H,9-12H2,(H,24,27);2-7H,8-9H2,1H3,(H4,27,28,30,31);3-8H,9H2,1-2H3,(H4,23,24,26,27);;/q;;;;2*+1/p-2. The first-order chi connectivity index (χ1) is 66.6. The number of nitrogens with two attached hydrogens (primary N) is 4. The van der Waals surface area contributed by atoms with Crippen molar-refractivity contribution in [1.82, 2.24) is 63.2 Å². The molecule has 0 aliphatic carbocycles. The van der Waals surface area contributed by atoms with Gasteiger partial charge >= 0.3 is 77.5 Å². The van der Waals surface area contributed by atoms with Crippen LogP contribution in [0.3, 0.4) is 0 Å². The molecule has 2 saturated heterocycles. The number of ether oxygens (including phenoxy) is 4. The number of aromatic nitrogens is 11. The summed E-state index contributed by atoms with van der Waals surface area (Å²) >= 11 is 18.8. The molecule has 16 rings (SSSR count). The van der Waals surface area contributed by atoms with Crippen LogP contribution < -0.4 is 112 Å². The van der Waals surface area contributed by atoms with Crippen molar-refractivity contribution in [3.8, 4) is 23.0 Å². The third kappa shape index (κ3) is 26.6. The topological polar surface area (TPSA) is 559 Å². The number of fused-ring (bicyclic) bond motifs is 2. The molecule has 2 fully saturated rings. The van der Waals surface area contributed by atoms with Crippen LogP contribution in [0, 0.1) is 37.1 Å². The van der Waals surface area contributed by atoms with E-state index < -0.39 is 117 Å². The average Bonchev–Trinajstić information content (AvgIpc) is 1.61. The predicted octanol–water partition coefficient (Wildman–Crippen LogP) is 6.40. The number of hydrogen-bond acceptors (Lipinski definition) is 33. The number of alkyl halides is 3. The smallest absolute Gasteiger partial charge is 0.858 e. The minimum Gasteiger partial charge on any atom is -0.858 e. The number of methoxy groups -OCH3 is 2. The summed E-state index contributed by atoms with van der Waals surface area (Å²) in [5.74, 6) is -5.40. The summed E-state index contributed by atoms with van der Waals surface area (Å²) in [4.78, 5) is 57.5. The van der Waals surface area contributed by atoms with Crippen molar-refractivity contribution in [2.45, 2.75) is 78.1 Å². The first kappa shape index (κ1) is 111. The summed E-state index contributed by atoms with van der Waals surface area (Å²) < 4.78 is 234. The van der Waals surface area contributed by atoms with Gasteiger partial charge in [-0.3, -0.25) is 29.2 Å². The number of rotatable bonds is 23. The Balaban J connectivity index is 0.000000181. The van der Waals surface area contributed by atoms with E-state index in [1.54, 1.807) is 24.3 Å². The maximum Gasteiger partial charge on any atom is 1.00 e. The van der Waals surface area contributed by atoms with Crippen molar-refractivity contribution in [1.29, 1.82) is 0 Å². The van der Waals surface area contributed by atoms with Gasteiger partial charge in [0.1, 0.15) is 62.5 Å². The van der Waals surface area contributed by atoms with E-state index in [0.29, 0.717) is 28.8 Å². The molecule has 143 heavy (non-hydrogen) atoms. The molecule has 2 unspecified atom stereocenters. The molecule has 0 saturated carbocycles. The van der Waals surface area contributed by atoms with Crippen LogP contribution in [0.2, 0.25) is 14.4 Å². The zero-order valence-corrected chi connectivity index (χ0v) is 86.7. The Kier molecular flexibility index (Phi) is 36.4. The number of nitrogen functional groups attached to an aromatic ring is 4. The van der Waals surface area contributed by atoms with Gasteiger partial charge in [-0.1, -0.05) is 76.4 Å². The van der Waals surface area contributed by atoms with E-state index in [2.05, 4.69) is 74.2 Å². The number of halogens is 10. The summed E-state index contributed by atoms with van der Waals surface area (Å²) in [5.41, 5.74) is 24.7. The molecule has 2 aliphatic rings. The summed E-state index contributed by atoms with van der Waals surface area (Å²) in [6.07, 6.45) is -5.44. The van der Waals surface area contributed by atoms with Crippen molar-refractivity contribution >= 4 is 190 Å². The number of benzene rings is 6. The number of aryl methyl sites for hydroxylation is 2. The summed E-state index contributed by atoms with van der Waals surface area (Å²) in [7, 11) is -12.1. The van der Waals surface area contributed by atoms with Gasteiger partial charge in [-0.25, -0.2) is 100 Å². The Bertz CT molecular complexity index is 7590. The number of nitrogens with one attached hydrogen (secondary N) is 2. The zero-order chi connectivity index (χ0) is 102. The van der Waals surface area contributed by atoms with Gasteiger partial charge in [0.25, 0.3) is 20.0 Å². The van der Waals surface area contributed by atoms with Crippen LogP contribution >= 0.6 is 46.1 Å². The Morgan fingerprint density at radius 3 is 1.41 bits per heavy atom. The Labute approximate surface area is 874 Å². The number of pyridine rings is 2. The second kappa shape index (κ2) is 46.8. The molecule has 0 spiro atoms. The minimum atomic E-state index is -4.82. The fourth-order valence-corrected chi connectivity index (χ4v) is 21.5. The molecule has 2 amide bonds. The monoisotopic (exact) mass is 2150 g/mol. The van der Waals surface area contributed by atoms with Crippen LogP contribution in [0.5, 0.6) is 0 Å². The van der Waals surface area contributed by atoms with Gasteiger partial charge in [0.2, 0.25) is 20.0 Å². The Hall–Kier alpha value is -12.1. The largest absolute Gasteiger partial charge is 1.00 e. The molecule has 10 heterocycles. The van der Waals surface area contributed by atoms with Gasteiger partial charge in [0.15, 0.2) is 56.9 Å².